The third-order valence-electron chi connectivity index (χ3n) is 3.78. The third-order valence-corrected chi connectivity index (χ3v) is 4.97. The van der Waals surface area contributed by atoms with Gasteiger partial charge in [0.2, 0.25) is 0 Å². The predicted octanol–water partition coefficient (Wildman–Crippen LogP) is 3.25. The first-order chi connectivity index (χ1) is 8.90. The van der Waals surface area contributed by atoms with E-state index in [9.17, 15) is 0 Å². The van der Waals surface area contributed by atoms with Gasteiger partial charge in [-0.05, 0) is 41.8 Å². The second kappa shape index (κ2) is 5.29. The van der Waals surface area contributed by atoms with Crippen molar-refractivity contribution < 1.29 is 0 Å². The number of hydrogen-bond donors (Lipinski definition) is 1. The predicted molar refractivity (Wildman–Crippen MR) is 79.0 cm³/mol. The van der Waals surface area contributed by atoms with E-state index in [2.05, 4.69) is 53.4 Å². The standard InChI is InChI=1S/C15H18N2S/c1-16-15(12-6-7-18-10-12)14-9-17-8-11-4-2-3-5-13(11)14/h2-5,8-9,12,15-16H,6-7,10H2,1H3. The summed E-state index contributed by atoms with van der Waals surface area (Å²) in [6.45, 7) is 0. The molecule has 0 spiro atoms. The molecule has 2 nitrogen and oxygen atoms in total. The molecule has 1 aromatic heterocycles. The van der Waals surface area contributed by atoms with Crippen LogP contribution in [0.15, 0.2) is 36.7 Å². The number of aromatic nitrogens is 1. The molecule has 0 aliphatic carbocycles. The Bertz CT molecular complexity index is 530. The van der Waals surface area contributed by atoms with E-state index in [0.29, 0.717) is 6.04 Å². The van der Waals surface area contributed by atoms with Crippen LogP contribution in [0.3, 0.4) is 0 Å². The molecule has 3 heteroatoms. The van der Waals surface area contributed by atoms with Crippen LogP contribution in [-0.2, 0) is 0 Å². The van der Waals surface area contributed by atoms with Crippen molar-refractivity contribution in [1.82, 2.24) is 10.3 Å². The largest absolute Gasteiger partial charge is 0.313 e. The van der Waals surface area contributed by atoms with E-state index in [0.717, 1.165) is 5.92 Å². The molecule has 0 saturated carbocycles. The molecule has 94 valence electrons. The molecule has 3 rings (SSSR count). The lowest BCUT2D eigenvalue weighted by atomic mass is 9.91. The highest BCUT2D eigenvalue weighted by molar-refractivity contribution is 7.99. The maximum absolute atomic E-state index is 4.41. The second-order valence-electron chi connectivity index (χ2n) is 4.84. The molecule has 1 aliphatic heterocycles. The first-order valence-corrected chi connectivity index (χ1v) is 7.63. The molecule has 2 heterocycles. The molecule has 18 heavy (non-hydrogen) atoms. The highest BCUT2D eigenvalue weighted by atomic mass is 32.2. The quantitative estimate of drug-likeness (QED) is 0.915. The zero-order valence-electron chi connectivity index (χ0n) is 10.6. The number of nitrogens with one attached hydrogen (secondary N) is 1. The average Bonchev–Trinajstić information content (AvgIpc) is 2.94. The van der Waals surface area contributed by atoms with Crippen LogP contribution < -0.4 is 5.32 Å². The zero-order valence-corrected chi connectivity index (χ0v) is 11.4. The number of hydrogen-bond acceptors (Lipinski definition) is 3. The maximum atomic E-state index is 4.41. The van der Waals surface area contributed by atoms with Gasteiger partial charge in [-0.15, -0.1) is 0 Å². The minimum atomic E-state index is 0.429. The van der Waals surface area contributed by atoms with Crippen LogP contribution in [0.4, 0.5) is 0 Å². The van der Waals surface area contributed by atoms with Crippen LogP contribution >= 0.6 is 11.8 Å². The van der Waals surface area contributed by atoms with Crippen molar-refractivity contribution in [3.63, 3.8) is 0 Å². The normalized spacial score (nSPS) is 21.3. The fourth-order valence-corrected chi connectivity index (χ4v) is 4.15. The molecular formula is C15H18N2S. The molecule has 0 radical (unpaired) electrons. The van der Waals surface area contributed by atoms with Crippen LogP contribution in [0.1, 0.15) is 18.0 Å². The lowest BCUT2D eigenvalue weighted by molar-refractivity contribution is 0.421. The molecule has 1 N–H and O–H groups in total. The Morgan fingerprint density at radius 3 is 3.00 bits per heavy atom. The SMILES string of the molecule is CNC(c1cncc2ccccc12)C1CCSC1. The molecule has 1 aromatic carbocycles. The monoisotopic (exact) mass is 258 g/mol. The number of pyridine rings is 1. The Hall–Kier alpha value is -1.06. The van der Waals surface area contributed by atoms with Crippen molar-refractivity contribution in [3.8, 4) is 0 Å². The summed E-state index contributed by atoms with van der Waals surface area (Å²) >= 11 is 2.07. The Labute approximate surface area is 112 Å². The summed E-state index contributed by atoms with van der Waals surface area (Å²) in [5.74, 6) is 3.28. The summed E-state index contributed by atoms with van der Waals surface area (Å²) in [6.07, 6.45) is 5.29. The Balaban J connectivity index is 2.06. The van der Waals surface area contributed by atoms with Gasteiger partial charge in [0.25, 0.3) is 0 Å². The first-order valence-electron chi connectivity index (χ1n) is 6.48. The number of rotatable bonds is 3. The fraction of sp³-hybridized carbons (Fsp3) is 0.400. The zero-order chi connectivity index (χ0) is 12.4. The van der Waals surface area contributed by atoms with Gasteiger partial charge in [-0.25, -0.2) is 0 Å². The van der Waals surface area contributed by atoms with E-state index in [1.165, 1.54) is 34.3 Å². The van der Waals surface area contributed by atoms with Crippen molar-refractivity contribution in [2.24, 2.45) is 5.92 Å². The average molecular weight is 258 g/mol. The highest BCUT2D eigenvalue weighted by Crippen LogP contribution is 2.36. The van der Waals surface area contributed by atoms with Crippen molar-refractivity contribution in [2.45, 2.75) is 12.5 Å². The Kier molecular flexibility index (Phi) is 3.52. The second-order valence-corrected chi connectivity index (χ2v) is 5.99. The highest BCUT2D eigenvalue weighted by Gasteiger charge is 2.26. The van der Waals surface area contributed by atoms with E-state index in [4.69, 9.17) is 0 Å². The van der Waals surface area contributed by atoms with Gasteiger partial charge in [0, 0.05) is 23.8 Å². The van der Waals surface area contributed by atoms with Gasteiger partial charge in [0.1, 0.15) is 0 Å². The van der Waals surface area contributed by atoms with Crippen LogP contribution in [0.25, 0.3) is 10.8 Å². The molecule has 1 aliphatic rings. The van der Waals surface area contributed by atoms with E-state index in [-0.39, 0.29) is 0 Å². The van der Waals surface area contributed by atoms with Crippen LogP contribution in [0.5, 0.6) is 0 Å². The summed E-state index contributed by atoms with van der Waals surface area (Å²) in [6, 6.07) is 8.97. The minimum absolute atomic E-state index is 0.429. The molecule has 0 amide bonds. The summed E-state index contributed by atoms with van der Waals surface area (Å²) in [7, 11) is 2.06. The van der Waals surface area contributed by atoms with Crippen LogP contribution in [0, 0.1) is 5.92 Å². The molecule has 2 atom stereocenters. The summed E-state index contributed by atoms with van der Waals surface area (Å²) in [5.41, 5.74) is 1.35. The van der Waals surface area contributed by atoms with Crippen molar-refractivity contribution >= 4 is 22.5 Å². The van der Waals surface area contributed by atoms with Crippen LogP contribution in [0.2, 0.25) is 0 Å². The van der Waals surface area contributed by atoms with Gasteiger partial charge in [0.05, 0.1) is 0 Å². The Morgan fingerprint density at radius 1 is 1.33 bits per heavy atom. The third kappa shape index (κ3) is 2.13. The molecular weight excluding hydrogens is 240 g/mol. The van der Waals surface area contributed by atoms with Crippen molar-refractivity contribution in [2.75, 3.05) is 18.6 Å². The van der Waals surface area contributed by atoms with Gasteiger partial charge in [0.15, 0.2) is 0 Å². The summed E-state index contributed by atoms with van der Waals surface area (Å²) in [5, 5.41) is 6.07. The Morgan fingerprint density at radius 2 is 2.22 bits per heavy atom. The molecule has 1 saturated heterocycles. The van der Waals surface area contributed by atoms with E-state index < -0.39 is 0 Å². The number of thioether (sulfide) groups is 1. The number of benzene rings is 1. The van der Waals surface area contributed by atoms with E-state index >= 15 is 0 Å². The minimum Gasteiger partial charge on any atom is -0.313 e. The van der Waals surface area contributed by atoms with Gasteiger partial charge in [-0.3, -0.25) is 4.98 Å². The first kappa shape index (κ1) is 12.0. The lowest BCUT2D eigenvalue weighted by Crippen LogP contribution is -2.25. The van der Waals surface area contributed by atoms with Gasteiger partial charge in [-0.1, -0.05) is 24.3 Å². The van der Waals surface area contributed by atoms with E-state index in [1.807, 2.05) is 12.4 Å². The molecule has 0 bridgehead atoms. The molecule has 2 unspecified atom stereocenters. The maximum Gasteiger partial charge on any atom is 0.0375 e. The summed E-state index contributed by atoms with van der Waals surface area (Å²) < 4.78 is 0. The van der Waals surface area contributed by atoms with Gasteiger partial charge >= 0.3 is 0 Å². The van der Waals surface area contributed by atoms with E-state index in [1.54, 1.807) is 0 Å². The summed E-state index contributed by atoms with van der Waals surface area (Å²) in [4.78, 5) is 4.41. The number of fused-ring (bicyclic) bond motifs is 1. The molecule has 1 fully saturated rings. The van der Waals surface area contributed by atoms with Crippen molar-refractivity contribution in [3.05, 3.63) is 42.2 Å². The smallest absolute Gasteiger partial charge is 0.0375 e. The number of nitrogens with zero attached hydrogens (tertiary/aromatic N) is 1. The lowest BCUT2D eigenvalue weighted by Gasteiger charge is -2.23. The topological polar surface area (TPSA) is 24.9 Å². The van der Waals surface area contributed by atoms with Crippen LogP contribution in [-0.4, -0.2) is 23.5 Å². The molecule has 2 aromatic rings. The van der Waals surface area contributed by atoms with Gasteiger partial charge < -0.3 is 5.32 Å². The van der Waals surface area contributed by atoms with Crippen molar-refractivity contribution in [1.29, 1.82) is 0 Å². The fourth-order valence-electron chi connectivity index (χ4n) is 2.85. The van der Waals surface area contributed by atoms with Gasteiger partial charge in [-0.2, -0.15) is 11.8 Å².